The average molecular weight is 751 g/mol. The van der Waals surface area contributed by atoms with Crippen LogP contribution in [-0.4, -0.2) is 47.7 Å². The monoisotopic (exact) mass is 750 g/mol. The van der Waals surface area contributed by atoms with Crippen LogP contribution in [0, 0.1) is 37.5 Å². The van der Waals surface area contributed by atoms with Crippen molar-refractivity contribution < 1.29 is 37.7 Å². The maximum atomic E-state index is 14.5. The Morgan fingerprint density at radius 1 is 1.02 bits per heavy atom. The number of nitrogens with zero attached hydrogens (tertiary/aromatic N) is 1. The minimum absolute atomic E-state index is 0.00129. The fourth-order valence-electron chi connectivity index (χ4n) is 8.08. The minimum Gasteiger partial charge on any atom is -0.462 e. The highest BCUT2D eigenvalue weighted by molar-refractivity contribution is 6.21. The van der Waals surface area contributed by atoms with Crippen LogP contribution in [0.15, 0.2) is 69.6 Å². The van der Waals surface area contributed by atoms with E-state index in [9.17, 15) is 19.2 Å². The first-order valence-corrected chi connectivity index (χ1v) is 18.8. The number of para-hydroxylation sites is 1. The molecule has 3 aliphatic heterocycles. The van der Waals surface area contributed by atoms with Gasteiger partial charge in [0.2, 0.25) is 5.43 Å². The quantitative estimate of drug-likeness (QED) is 0.120. The maximum absolute atomic E-state index is 14.5. The van der Waals surface area contributed by atoms with Crippen LogP contribution >= 0.6 is 0 Å². The third kappa shape index (κ3) is 7.54. The van der Waals surface area contributed by atoms with Crippen molar-refractivity contribution in [3.63, 3.8) is 0 Å². The van der Waals surface area contributed by atoms with E-state index < -0.39 is 35.1 Å². The van der Waals surface area contributed by atoms with E-state index in [-0.39, 0.29) is 68.9 Å². The molecule has 4 bridgehead atoms. The van der Waals surface area contributed by atoms with Gasteiger partial charge in [0.05, 0.1) is 17.9 Å². The smallest absolute Gasteiger partial charge is 0.312 e. The molecule has 0 saturated carbocycles. The molecule has 1 N–H and O–H groups in total. The number of nitrogens with one attached hydrogen (secondary N) is 1. The highest BCUT2D eigenvalue weighted by Gasteiger charge is 2.49. The number of carbonyl (C=O) groups excluding carboxylic acids is 3. The molecule has 55 heavy (non-hydrogen) atoms. The van der Waals surface area contributed by atoms with E-state index in [4.69, 9.17) is 28.3 Å². The standard InChI is InChI=1S/C44H50N2O9/c1-22-13-11-15-25(4)43(50)46-37-38(48)30-21-27(6)40-34(33(30)36-41(37)54-32-16-12-14-24(3)35(32)45-36)42(49)44(9,55-40)52-18-17-31(51-10)28(7)39(53-29(8)47)26(5)20-23(2)19-22/h11-18,21-23,26,28,31,39H,19-20H2,1-10H3,(H,46,50). The van der Waals surface area contributed by atoms with Crippen LogP contribution in [0.4, 0.5) is 5.69 Å². The number of fused-ring (bicyclic) bond motifs is 2. The van der Waals surface area contributed by atoms with Gasteiger partial charge < -0.3 is 28.7 Å². The number of ether oxygens (including phenoxy) is 4. The number of rotatable bonds is 2. The zero-order valence-electron chi connectivity index (χ0n) is 33.2. The number of anilines is 1. The van der Waals surface area contributed by atoms with E-state index in [1.807, 2.05) is 38.1 Å². The molecule has 6 rings (SSSR count). The summed E-state index contributed by atoms with van der Waals surface area (Å²) < 4.78 is 30.6. The third-order valence-electron chi connectivity index (χ3n) is 10.9. The van der Waals surface area contributed by atoms with Gasteiger partial charge in [-0.2, -0.15) is 0 Å². The first kappa shape index (κ1) is 39.4. The first-order valence-electron chi connectivity index (χ1n) is 18.8. The van der Waals surface area contributed by atoms with Crippen LogP contribution in [0.1, 0.15) is 82.8 Å². The van der Waals surface area contributed by atoms with Crippen molar-refractivity contribution in [3.8, 4) is 17.2 Å². The molecule has 4 aliphatic rings. The third-order valence-corrected chi connectivity index (χ3v) is 10.9. The Bertz CT molecular complexity index is 2300. The number of amides is 1. The molecule has 7 unspecified atom stereocenters. The van der Waals surface area contributed by atoms with Crippen molar-refractivity contribution in [2.45, 2.75) is 93.2 Å². The summed E-state index contributed by atoms with van der Waals surface area (Å²) in [6.45, 7) is 16.5. The largest absolute Gasteiger partial charge is 0.462 e. The van der Waals surface area contributed by atoms with E-state index in [0.717, 1.165) is 18.4 Å². The summed E-state index contributed by atoms with van der Waals surface area (Å²) in [5.41, 5.74) is 2.39. The second-order valence-corrected chi connectivity index (χ2v) is 15.5. The minimum atomic E-state index is -1.82. The molecule has 1 aliphatic carbocycles. The highest BCUT2D eigenvalue weighted by Crippen LogP contribution is 2.47. The number of aryl methyl sites for hydroxylation is 2. The number of methoxy groups -OCH3 is 1. The average Bonchev–Trinajstić information content (AvgIpc) is 3.39. The summed E-state index contributed by atoms with van der Waals surface area (Å²) in [6, 6.07) is 7.08. The summed E-state index contributed by atoms with van der Waals surface area (Å²) in [5, 5.41) is 3.23. The van der Waals surface area contributed by atoms with Crippen molar-refractivity contribution in [2.24, 2.45) is 23.7 Å². The van der Waals surface area contributed by atoms with Crippen LogP contribution in [0.2, 0.25) is 0 Å². The topological polar surface area (TPSA) is 143 Å². The van der Waals surface area contributed by atoms with Crippen LogP contribution < -0.4 is 15.5 Å². The molecular formula is C44H50N2O9. The van der Waals surface area contributed by atoms with Gasteiger partial charge in [-0.1, -0.05) is 58.1 Å². The Hall–Kier alpha value is -5.29. The zero-order valence-corrected chi connectivity index (χ0v) is 33.2. The summed E-state index contributed by atoms with van der Waals surface area (Å²) in [4.78, 5) is 60.0. The van der Waals surface area contributed by atoms with Gasteiger partial charge >= 0.3 is 11.8 Å². The fourth-order valence-corrected chi connectivity index (χ4v) is 8.08. The lowest BCUT2D eigenvalue weighted by molar-refractivity contribution is -0.155. The molecule has 0 saturated heterocycles. The van der Waals surface area contributed by atoms with Crippen LogP contribution in [0.5, 0.6) is 5.75 Å². The van der Waals surface area contributed by atoms with Crippen molar-refractivity contribution in [1.29, 1.82) is 0 Å². The molecule has 0 aromatic heterocycles. The van der Waals surface area contributed by atoms with Crippen molar-refractivity contribution in [1.82, 2.24) is 4.98 Å². The molecule has 0 spiro atoms. The van der Waals surface area contributed by atoms with Gasteiger partial charge in [-0.05, 0) is 80.7 Å². The number of hydrogen-bond acceptors (Lipinski definition) is 10. The summed E-state index contributed by atoms with van der Waals surface area (Å²) in [5.74, 6) is -2.75. The molecule has 0 fully saturated rings. The van der Waals surface area contributed by atoms with Gasteiger partial charge in [0.1, 0.15) is 28.8 Å². The van der Waals surface area contributed by atoms with Crippen LogP contribution in [-0.2, 0) is 23.8 Å². The SMILES string of the molecule is COC1C=COC2(C)Oc3c(C)cc4c(=O)c(c5oc6cccc(C)c6nc-5c4c3C2=O)NC(=O)C(C)=CC=CC(C)CC(C)CC(C)C(OC(C)=O)C1C. The van der Waals surface area contributed by atoms with Gasteiger partial charge in [0, 0.05) is 43.2 Å². The lowest BCUT2D eigenvalue weighted by Crippen LogP contribution is -2.39. The summed E-state index contributed by atoms with van der Waals surface area (Å²) >= 11 is 0. The number of esters is 1. The number of allylic oxidation sites excluding steroid dienone is 3. The maximum Gasteiger partial charge on any atom is 0.312 e. The molecule has 1 amide bonds. The number of aromatic nitrogens is 1. The van der Waals surface area contributed by atoms with Crippen molar-refractivity contribution >= 4 is 45.2 Å². The van der Waals surface area contributed by atoms with Gasteiger partial charge in [-0.15, -0.1) is 0 Å². The lowest BCUT2D eigenvalue weighted by atomic mass is 9.82. The van der Waals surface area contributed by atoms with E-state index in [1.165, 1.54) is 20.1 Å². The molecule has 2 aromatic rings. The van der Waals surface area contributed by atoms with E-state index in [1.54, 1.807) is 45.2 Å². The second kappa shape index (κ2) is 15.5. The molecule has 3 heterocycles. The van der Waals surface area contributed by atoms with E-state index >= 15 is 0 Å². The van der Waals surface area contributed by atoms with E-state index in [0.29, 0.717) is 22.2 Å². The van der Waals surface area contributed by atoms with Crippen molar-refractivity contribution in [3.05, 3.63) is 87.3 Å². The van der Waals surface area contributed by atoms with Gasteiger partial charge in [0.25, 0.3) is 11.7 Å². The summed E-state index contributed by atoms with van der Waals surface area (Å²) in [7, 11) is 1.57. The number of carbonyl (C=O) groups is 3. The Balaban J connectivity index is 1.55. The number of Topliss-reactive ketones (excluding diaryl/α,β-unsaturated/α-hetero) is 1. The van der Waals surface area contributed by atoms with Gasteiger partial charge in [-0.3, -0.25) is 19.2 Å². The molecule has 290 valence electrons. The second-order valence-electron chi connectivity index (χ2n) is 15.5. The molecule has 2 aromatic carbocycles. The fraction of sp³-hybridized carbons (Fsp3) is 0.432. The predicted octanol–water partition coefficient (Wildman–Crippen LogP) is 8.61. The normalized spacial score (nSPS) is 26.6. The van der Waals surface area contributed by atoms with E-state index in [2.05, 4.69) is 26.1 Å². The molecule has 11 heteroatoms. The predicted molar refractivity (Wildman–Crippen MR) is 211 cm³/mol. The van der Waals surface area contributed by atoms with Crippen LogP contribution in [0.3, 0.4) is 0 Å². The Morgan fingerprint density at radius 3 is 2.47 bits per heavy atom. The molecular weight excluding hydrogens is 700 g/mol. The Labute approximate surface area is 321 Å². The van der Waals surface area contributed by atoms with Gasteiger partial charge in [0.15, 0.2) is 11.3 Å². The zero-order chi connectivity index (χ0) is 39.9. The van der Waals surface area contributed by atoms with Gasteiger partial charge in [-0.25, -0.2) is 4.98 Å². The number of ketones is 1. The summed E-state index contributed by atoms with van der Waals surface area (Å²) in [6.07, 6.45) is 9.31. The first-order chi connectivity index (χ1) is 26.0. The molecule has 0 radical (unpaired) electrons. The van der Waals surface area contributed by atoms with Crippen molar-refractivity contribution in [2.75, 3.05) is 12.4 Å². The highest BCUT2D eigenvalue weighted by atomic mass is 16.7. The Kier molecular flexibility index (Phi) is 11.1. The lowest BCUT2D eigenvalue weighted by Gasteiger charge is -2.33. The van der Waals surface area contributed by atoms with Crippen LogP contribution in [0.25, 0.3) is 33.3 Å². The number of hydrogen-bond donors (Lipinski definition) is 1. The molecule has 7 atom stereocenters. The Morgan fingerprint density at radius 2 is 1.76 bits per heavy atom. The molecule has 11 nitrogen and oxygen atoms in total. The number of benzene rings is 3.